The monoisotopic (exact) mass is 272 g/mol. The summed E-state index contributed by atoms with van der Waals surface area (Å²) in [5, 5.41) is 21.4. The Kier molecular flexibility index (Phi) is 4.95. The van der Waals surface area contributed by atoms with Crippen molar-refractivity contribution in [1.82, 2.24) is 5.32 Å². The van der Waals surface area contributed by atoms with Crippen molar-refractivity contribution < 1.29 is 15.0 Å². The van der Waals surface area contributed by atoms with Crippen LogP contribution in [0.1, 0.15) is 23.7 Å². The van der Waals surface area contributed by atoms with E-state index < -0.39 is 11.4 Å². The molecule has 0 radical (unpaired) electrons. The van der Waals surface area contributed by atoms with E-state index in [0.29, 0.717) is 12.1 Å². The van der Waals surface area contributed by atoms with E-state index in [1.807, 2.05) is 0 Å². The molecule has 6 heteroatoms. The van der Waals surface area contributed by atoms with Crippen LogP contribution in [0.25, 0.3) is 0 Å². The van der Waals surface area contributed by atoms with E-state index in [1.54, 1.807) is 13.0 Å². The summed E-state index contributed by atoms with van der Waals surface area (Å²) in [4.78, 5) is 12.0. The van der Waals surface area contributed by atoms with Gasteiger partial charge in [0.15, 0.2) is 0 Å². The van der Waals surface area contributed by atoms with E-state index >= 15 is 0 Å². The van der Waals surface area contributed by atoms with Crippen molar-refractivity contribution in [2.24, 2.45) is 0 Å². The molecular formula is C12H17ClN2O3. The van der Waals surface area contributed by atoms with Crippen molar-refractivity contribution in [3.8, 4) is 0 Å². The highest BCUT2D eigenvalue weighted by Crippen LogP contribution is 2.20. The zero-order valence-electron chi connectivity index (χ0n) is 10.1. The van der Waals surface area contributed by atoms with E-state index in [1.165, 1.54) is 12.1 Å². The fourth-order valence-corrected chi connectivity index (χ4v) is 1.67. The van der Waals surface area contributed by atoms with Crippen molar-refractivity contribution in [2.75, 3.05) is 18.9 Å². The average molecular weight is 273 g/mol. The molecule has 0 aliphatic rings. The minimum atomic E-state index is -1.05. The topological polar surface area (TPSA) is 95.6 Å². The number of hydrogen-bond donors (Lipinski definition) is 4. The number of benzene rings is 1. The van der Waals surface area contributed by atoms with Gasteiger partial charge in [-0.1, -0.05) is 18.5 Å². The number of carbonyl (C=O) groups excluding carboxylic acids is 1. The maximum atomic E-state index is 12.0. The van der Waals surface area contributed by atoms with E-state index in [-0.39, 0.29) is 23.8 Å². The second-order valence-electron chi connectivity index (χ2n) is 4.14. The lowest BCUT2D eigenvalue weighted by Gasteiger charge is -2.29. The van der Waals surface area contributed by atoms with Crippen molar-refractivity contribution in [3.05, 3.63) is 28.8 Å². The molecule has 5 nitrogen and oxygen atoms in total. The molecule has 18 heavy (non-hydrogen) atoms. The molecule has 0 saturated heterocycles. The molecule has 1 aromatic rings. The smallest absolute Gasteiger partial charge is 0.253 e. The predicted molar refractivity (Wildman–Crippen MR) is 70.5 cm³/mol. The van der Waals surface area contributed by atoms with Crippen LogP contribution in [-0.2, 0) is 0 Å². The van der Waals surface area contributed by atoms with Crippen LogP contribution in [0.5, 0.6) is 0 Å². The Morgan fingerprint density at radius 2 is 2.06 bits per heavy atom. The minimum Gasteiger partial charge on any atom is -0.399 e. The third-order valence-electron chi connectivity index (χ3n) is 2.90. The number of nitrogen functional groups attached to an aromatic ring is 1. The number of aliphatic hydroxyl groups is 2. The number of nitrogens with one attached hydrogen (secondary N) is 1. The van der Waals surface area contributed by atoms with Gasteiger partial charge in [-0.3, -0.25) is 4.79 Å². The molecule has 0 spiro atoms. The number of rotatable bonds is 5. The van der Waals surface area contributed by atoms with Gasteiger partial charge < -0.3 is 21.3 Å². The summed E-state index contributed by atoms with van der Waals surface area (Å²) in [5.41, 5.74) is 5.17. The second-order valence-corrected chi connectivity index (χ2v) is 4.55. The maximum absolute atomic E-state index is 12.0. The Balaban J connectivity index is 2.97. The number of aliphatic hydroxyl groups excluding tert-OH is 2. The van der Waals surface area contributed by atoms with Gasteiger partial charge in [0.1, 0.15) is 0 Å². The van der Waals surface area contributed by atoms with Gasteiger partial charge in [0, 0.05) is 5.69 Å². The van der Waals surface area contributed by atoms with Crippen LogP contribution in [0, 0.1) is 0 Å². The summed E-state index contributed by atoms with van der Waals surface area (Å²) in [6, 6.07) is 4.56. The molecule has 0 aliphatic carbocycles. The molecule has 100 valence electrons. The molecule has 0 heterocycles. The number of halogens is 1. The summed E-state index contributed by atoms with van der Waals surface area (Å²) in [7, 11) is 0. The van der Waals surface area contributed by atoms with Crippen LogP contribution in [0.4, 0.5) is 5.69 Å². The summed E-state index contributed by atoms with van der Waals surface area (Å²) in [6.07, 6.45) is 0.395. The van der Waals surface area contributed by atoms with Crippen LogP contribution >= 0.6 is 11.6 Å². The molecule has 0 aromatic heterocycles. The number of hydrogen-bond acceptors (Lipinski definition) is 4. The Morgan fingerprint density at radius 1 is 1.44 bits per heavy atom. The molecule has 0 fully saturated rings. The highest BCUT2D eigenvalue weighted by Gasteiger charge is 2.29. The molecule has 0 aliphatic heterocycles. The number of nitrogens with two attached hydrogens (primary N) is 1. The Bertz CT molecular complexity index is 425. The molecule has 0 saturated carbocycles. The number of amides is 1. The second kappa shape index (κ2) is 6.04. The van der Waals surface area contributed by atoms with Gasteiger partial charge in [-0.25, -0.2) is 0 Å². The molecule has 5 N–H and O–H groups in total. The van der Waals surface area contributed by atoms with Gasteiger partial charge in [-0.15, -0.1) is 0 Å². The maximum Gasteiger partial charge on any atom is 0.253 e. The van der Waals surface area contributed by atoms with Crippen LogP contribution in [0.15, 0.2) is 18.2 Å². The quantitative estimate of drug-likeness (QED) is 0.596. The first-order chi connectivity index (χ1) is 8.48. The molecule has 1 rings (SSSR count). The van der Waals surface area contributed by atoms with Gasteiger partial charge in [-0.05, 0) is 24.6 Å². The Morgan fingerprint density at radius 3 is 2.56 bits per heavy atom. The van der Waals surface area contributed by atoms with Gasteiger partial charge >= 0.3 is 0 Å². The highest BCUT2D eigenvalue weighted by atomic mass is 35.5. The van der Waals surface area contributed by atoms with Crippen molar-refractivity contribution in [1.29, 1.82) is 0 Å². The van der Waals surface area contributed by atoms with E-state index in [9.17, 15) is 15.0 Å². The van der Waals surface area contributed by atoms with Crippen molar-refractivity contribution >= 4 is 23.2 Å². The summed E-state index contributed by atoms with van der Waals surface area (Å²) < 4.78 is 0. The number of anilines is 1. The Hall–Kier alpha value is -1.30. The van der Waals surface area contributed by atoms with E-state index in [4.69, 9.17) is 17.3 Å². The highest BCUT2D eigenvalue weighted by molar-refractivity contribution is 6.34. The molecular weight excluding hydrogens is 256 g/mol. The van der Waals surface area contributed by atoms with Crippen molar-refractivity contribution in [3.63, 3.8) is 0 Å². The lowest BCUT2D eigenvalue weighted by Crippen LogP contribution is -2.53. The van der Waals surface area contributed by atoms with E-state index in [0.717, 1.165) is 0 Å². The van der Waals surface area contributed by atoms with Gasteiger partial charge in [0.05, 0.1) is 29.3 Å². The Labute approximate surface area is 111 Å². The number of carbonyl (C=O) groups is 1. The van der Waals surface area contributed by atoms with Crippen molar-refractivity contribution in [2.45, 2.75) is 18.9 Å². The molecule has 0 unspecified atom stereocenters. The third-order valence-corrected chi connectivity index (χ3v) is 3.23. The van der Waals surface area contributed by atoms with Gasteiger partial charge in [-0.2, -0.15) is 0 Å². The predicted octanol–water partition coefficient (Wildman–Crippen LogP) is 0.785. The molecule has 1 aromatic carbocycles. The minimum absolute atomic E-state index is 0.219. The fourth-order valence-electron chi connectivity index (χ4n) is 1.47. The summed E-state index contributed by atoms with van der Waals surface area (Å²) in [5.74, 6) is -0.475. The first kappa shape index (κ1) is 14.8. The van der Waals surface area contributed by atoms with Gasteiger partial charge in [0.25, 0.3) is 5.91 Å². The SMILES string of the molecule is CCC(CO)(CO)NC(=O)c1cc(N)ccc1Cl. The third kappa shape index (κ3) is 3.13. The lowest BCUT2D eigenvalue weighted by atomic mass is 9.97. The van der Waals surface area contributed by atoms with Gasteiger partial charge in [0.2, 0.25) is 0 Å². The summed E-state index contributed by atoms with van der Waals surface area (Å²) in [6.45, 7) is 1.05. The largest absolute Gasteiger partial charge is 0.399 e. The first-order valence-corrected chi connectivity index (χ1v) is 5.95. The zero-order chi connectivity index (χ0) is 13.8. The molecule has 0 bridgehead atoms. The van der Waals surface area contributed by atoms with Crippen LogP contribution in [0.3, 0.4) is 0 Å². The average Bonchev–Trinajstić information content (AvgIpc) is 2.38. The standard InChI is InChI=1S/C12H17ClN2O3/c1-2-12(6-16,7-17)15-11(18)9-5-8(14)3-4-10(9)13/h3-5,16-17H,2,6-7,14H2,1H3,(H,15,18). The first-order valence-electron chi connectivity index (χ1n) is 5.57. The normalized spacial score (nSPS) is 11.3. The van der Waals surface area contributed by atoms with Crippen LogP contribution in [0.2, 0.25) is 5.02 Å². The zero-order valence-corrected chi connectivity index (χ0v) is 10.9. The fraction of sp³-hybridized carbons (Fsp3) is 0.417. The summed E-state index contributed by atoms with van der Waals surface area (Å²) >= 11 is 5.91. The van der Waals surface area contributed by atoms with Crippen LogP contribution in [-0.4, -0.2) is 34.9 Å². The van der Waals surface area contributed by atoms with E-state index in [2.05, 4.69) is 5.32 Å². The lowest BCUT2D eigenvalue weighted by molar-refractivity contribution is 0.0653. The molecule has 0 atom stereocenters. The van der Waals surface area contributed by atoms with Crippen LogP contribution < -0.4 is 11.1 Å². The molecule has 1 amide bonds.